The highest BCUT2D eigenvalue weighted by atomic mass is 28.3. The molecule has 0 fully saturated rings. The van der Waals surface area contributed by atoms with Crippen molar-refractivity contribution >= 4 is 8.07 Å². The summed E-state index contributed by atoms with van der Waals surface area (Å²) in [5.74, 6) is 3.91. The van der Waals surface area contributed by atoms with E-state index in [1.54, 1.807) is 0 Å². The number of hydrogen-bond donors (Lipinski definition) is 0. The minimum atomic E-state index is -1.31. The van der Waals surface area contributed by atoms with E-state index in [9.17, 15) is 0 Å². The zero-order chi connectivity index (χ0) is 13.0. The average Bonchev–Trinajstić information content (AvgIpc) is 2.37. The van der Waals surface area contributed by atoms with Crippen molar-refractivity contribution in [2.45, 2.75) is 19.6 Å². The van der Waals surface area contributed by atoms with Crippen LogP contribution in [0.1, 0.15) is 5.56 Å². The van der Waals surface area contributed by atoms with Crippen LogP contribution in [0.5, 0.6) is 0 Å². The monoisotopic (exact) mass is 253 g/mol. The van der Waals surface area contributed by atoms with Crippen LogP contribution >= 0.6 is 0 Å². The second-order valence-electron chi connectivity index (χ2n) is 5.04. The number of hydrogen-bond acceptors (Lipinski definition) is 3. The first-order chi connectivity index (χ1) is 8.54. The van der Waals surface area contributed by atoms with E-state index in [1.165, 1.54) is 12.7 Å². The fourth-order valence-corrected chi connectivity index (χ4v) is 1.87. The van der Waals surface area contributed by atoms with Crippen LogP contribution in [0.25, 0.3) is 11.4 Å². The molecular formula is C14H15N3Si. The molecule has 0 N–H and O–H groups in total. The van der Waals surface area contributed by atoms with Crippen molar-refractivity contribution in [1.82, 2.24) is 15.0 Å². The molecule has 0 radical (unpaired) electrons. The Morgan fingerprint density at radius 3 is 2.11 bits per heavy atom. The molecule has 1 aromatic heterocycles. The van der Waals surface area contributed by atoms with Gasteiger partial charge in [0.05, 0.1) is 0 Å². The summed E-state index contributed by atoms with van der Waals surface area (Å²) in [5.41, 5.74) is 5.36. The average molecular weight is 253 g/mol. The summed E-state index contributed by atoms with van der Waals surface area (Å²) in [6.45, 7) is 6.71. The number of aromatic nitrogens is 3. The lowest BCUT2D eigenvalue weighted by atomic mass is 10.1. The lowest BCUT2D eigenvalue weighted by molar-refractivity contribution is 1.06. The first kappa shape index (κ1) is 12.5. The largest absolute Gasteiger partial charge is 0.225 e. The van der Waals surface area contributed by atoms with Gasteiger partial charge in [-0.3, -0.25) is 0 Å². The van der Waals surface area contributed by atoms with Crippen LogP contribution in [0.4, 0.5) is 0 Å². The topological polar surface area (TPSA) is 38.7 Å². The van der Waals surface area contributed by atoms with Crippen LogP contribution in [0, 0.1) is 11.5 Å². The molecule has 18 heavy (non-hydrogen) atoms. The molecular weight excluding hydrogens is 238 g/mol. The van der Waals surface area contributed by atoms with E-state index in [-0.39, 0.29) is 0 Å². The minimum Gasteiger partial charge on any atom is -0.225 e. The Kier molecular flexibility index (Phi) is 3.54. The summed E-state index contributed by atoms with van der Waals surface area (Å²) in [5, 5.41) is 0. The summed E-state index contributed by atoms with van der Waals surface area (Å²) < 4.78 is 0. The Balaban J connectivity index is 2.23. The van der Waals surface area contributed by atoms with Gasteiger partial charge in [-0.2, -0.15) is 0 Å². The van der Waals surface area contributed by atoms with Crippen molar-refractivity contribution in [3.05, 3.63) is 42.5 Å². The molecule has 90 valence electrons. The van der Waals surface area contributed by atoms with Crippen molar-refractivity contribution in [3.63, 3.8) is 0 Å². The van der Waals surface area contributed by atoms with Gasteiger partial charge in [0.2, 0.25) is 0 Å². The molecule has 2 aromatic rings. The molecule has 0 saturated carbocycles. The van der Waals surface area contributed by atoms with E-state index in [0.717, 1.165) is 11.1 Å². The highest BCUT2D eigenvalue weighted by molar-refractivity contribution is 6.83. The SMILES string of the molecule is C[Si](C)(C)C#Cc1ccc(-c2ncncn2)cc1. The normalized spacial score (nSPS) is 10.6. The Bertz CT molecular complexity index is 574. The zero-order valence-corrected chi connectivity index (χ0v) is 11.8. The van der Waals surface area contributed by atoms with E-state index in [1.807, 2.05) is 24.3 Å². The van der Waals surface area contributed by atoms with Crippen LogP contribution in [-0.4, -0.2) is 23.0 Å². The second kappa shape index (κ2) is 5.11. The molecule has 0 atom stereocenters. The zero-order valence-electron chi connectivity index (χ0n) is 10.8. The van der Waals surface area contributed by atoms with E-state index < -0.39 is 8.07 Å². The van der Waals surface area contributed by atoms with Gasteiger partial charge in [0, 0.05) is 11.1 Å². The van der Waals surface area contributed by atoms with Crippen LogP contribution in [0.2, 0.25) is 19.6 Å². The second-order valence-corrected chi connectivity index (χ2v) is 9.79. The molecule has 0 aliphatic heterocycles. The summed E-state index contributed by atoms with van der Waals surface area (Å²) >= 11 is 0. The first-order valence-electron chi connectivity index (χ1n) is 5.80. The third kappa shape index (κ3) is 3.50. The van der Waals surface area contributed by atoms with E-state index in [4.69, 9.17) is 0 Å². The molecule has 0 aliphatic rings. The standard InChI is InChI=1S/C14H15N3Si/c1-18(2,3)9-8-12-4-6-13(7-5-12)14-16-10-15-11-17-14/h4-7,10-11H,1-3H3. The van der Waals surface area contributed by atoms with Crippen molar-refractivity contribution in [2.75, 3.05) is 0 Å². The van der Waals surface area contributed by atoms with Crippen LogP contribution in [0.15, 0.2) is 36.9 Å². The summed E-state index contributed by atoms with van der Waals surface area (Å²) in [7, 11) is -1.31. The molecule has 4 heteroatoms. The predicted molar refractivity (Wildman–Crippen MR) is 75.5 cm³/mol. The van der Waals surface area contributed by atoms with Gasteiger partial charge in [-0.25, -0.2) is 15.0 Å². The Morgan fingerprint density at radius 1 is 0.944 bits per heavy atom. The van der Waals surface area contributed by atoms with Gasteiger partial charge in [0.25, 0.3) is 0 Å². The molecule has 0 aliphatic carbocycles. The van der Waals surface area contributed by atoms with Crippen molar-refractivity contribution < 1.29 is 0 Å². The third-order valence-corrected chi connectivity index (χ3v) is 3.09. The quantitative estimate of drug-likeness (QED) is 0.579. The number of benzene rings is 1. The number of rotatable bonds is 1. The van der Waals surface area contributed by atoms with Crippen LogP contribution < -0.4 is 0 Å². The lowest BCUT2D eigenvalue weighted by Crippen LogP contribution is -2.16. The summed E-state index contributed by atoms with van der Waals surface area (Å²) in [6.07, 6.45) is 3.00. The Morgan fingerprint density at radius 2 is 1.56 bits per heavy atom. The fourth-order valence-electron chi connectivity index (χ4n) is 1.35. The highest BCUT2D eigenvalue weighted by Crippen LogP contribution is 2.13. The first-order valence-corrected chi connectivity index (χ1v) is 9.30. The molecule has 1 heterocycles. The van der Waals surface area contributed by atoms with E-state index in [2.05, 4.69) is 46.1 Å². The number of nitrogens with zero attached hydrogens (tertiary/aromatic N) is 3. The lowest BCUT2D eigenvalue weighted by Gasteiger charge is -2.03. The molecule has 0 spiro atoms. The maximum absolute atomic E-state index is 4.11. The van der Waals surface area contributed by atoms with E-state index >= 15 is 0 Å². The fraction of sp³-hybridized carbons (Fsp3) is 0.214. The van der Waals surface area contributed by atoms with Crippen LogP contribution in [0.3, 0.4) is 0 Å². The molecule has 2 rings (SSSR count). The molecule has 1 aromatic carbocycles. The maximum atomic E-state index is 4.11. The van der Waals surface area contributed by atoms with Gasteiger partial charge in [-0.1, -0.05) is 25.6 Å². The Labute approximate surface area is 108 Å². The minimum absolute atomic E-state index is 0.690. The van der Waals surface area contributed by atoms with Gasteiger partial charge >= 0.3 is 0 Å². The third-order valence-electron chi connectivity index (χ3n) is 2.22. The van der Waals surface area contributed by atoms with E-state index in [0.29, 0.717) is 5.82 Å². The molecule has 3 nitrogen and oxygen atoms in total. The van der Waals surface area contributed by atoms with Crippen molar-refractivity contribution in [2.24, 2.45) is 0 Å². The molecule has 0 amide bonds. The van der Waals surface area contributed by atoms with Gasteiger partial charge in [0.1, 0.15) is 20.7 Å². The van der Waals surface area contributed by atoms with Gasteiger partial charge < -0.3 is 0 Å². The predicted octanol–water partition coefficient (Wildman–Crippen LogP) is 2.77. The van der Waals surface area contributed by atoms with Crippen LogP contribution in [-0.2, 0) is 0 Å². The molecule has 0 saturated heterocycles. The maximum Gasteiger partial charge on any atom is 0.162 e. The molecule has 0 unspecified atom stereocenters. The van der Waals surface area contributed by atoms with Crippen molar-refractivity contribution in [1.29, 1.82) is 0 Å². The highest BCUT2D eigenvalue weighted by Gasteiger charge is 2.07. The summed E-state index contributed by atoms with van der Waals surface area (Å²) in [4.78, 5) is 12.0. The summed E-state index contributed by atoms with van der Waals surface area (Å²) in [6, 6.07) is 7.99. The smallest absolute Gasteiger partial charge is 0.162 e. The Hall–Kier alpha value is -1.99. The van der Waals surface area contributed by atoms with Gasteiger partial charge in [-0.05, 0) is 24.3 Å². The molecule has 0 bridgehead atoms. The van der Waals surface area contributed by atoms with Gasteiger partial charge in [0.15, 0.2) is 5.82 Å². The van der Waals surface area contributed by atoms with Crippen molar-refractivity contribution in [3.8, 4) is 22.9 Å². The van der Waals surface area contributed by atoms with Gasteiger partial charge in [-0.15, -0.1) is 5.54 Å².